The molecule has 0 aliphatic rings. The average Bonchev–Trinajstić information content (AvgIpc) is 2.72. The molecule has 3 nitrogen and oxygen atoms in total. The summed E-state index contributed by atoms with van der Waals surface area (Å²) in [5.74, 6) is 0. The van der Waals surface area contributed by atoms with Crippen molar-refractivity contribution in [2.75, 3.05) is 0 Å². The smallest absolute Gasteiger partial charge is 0.280 e. The van der Waals surface area contributed by atoms with Crippen LogP contribution in [0.4, 0.5) is 8.78 Å². The van der Waals surface area contributed by atoms with Crippen LogP contribution in [0.3, 0.4) is 0 Å². The van der Waals surface area contributed by atoms with E-state index in [2.05, 4.69) is 5.10 Å². The molecular weight excluding hydrogens is 238 g/mol. The number of aliphatic hydroxyl groups excluding tert-OH is 1. The lowest BCUT2D eigenvalue weighted by atomic mass is 10.1. The van der Waals surface area contributed by atoms with Gasteiger partial charge in [0.15, 0.2) is 0 Å². The monoisotopic (exact) mass is 252 g/mol. The second-order valence-corrected chi connectivity index (χ2v) is 4.22. The van der Waals surface area contributed by atoms with Gasteiger partial charge in [0.1, 0.15) is 5.69 Å². The molecule has 0 atom stereocenters. The molecule has 2 aromatic rings. The Bertz CT molecular complexity index is 564. The molecule has 0 saturated heterocycles. The van der Waals surface area contributed by atoms with Crippen LogP contribution in [0, 0.1) is 13.8 Å². The van der Waals surface area contributed by atoms with Crippen molar-refractivity contribution >= 4 is 0 Å². The summed E-state index contributed by atoms with van der Waals surface area (Å²) in [6.45, 7) is 3.34. The van der Waals surface area contributed by atoms with Gasteiger partial charge in [0.2, 0.25) is 0 Å². The first-order valence-corrected chi connectivity index (χ1v) is 5.58. The number of aliphatic hydroxyl groups is 1. The number of hydrogen-bond acceptors (Lipinski definition) is 2. The molecule has 1 aromatic carbocycles. The van der Waals surface area contributed by atoms with E-state index in [1.165, 1.54) is 10.9 Å². The molecule has 0 unspecified atom stereocenters. The lowest BCUT2D eigenvalue weighted by molar-refractivity contribution is 0.138. The van der Waals surface area contributed by atoms with E-state index in [1.54, 1.807) is 6.07 Å². The molecule has 0 saturated carbocycles. The maximum Gasteiger partial charge on any atom is 0.280 e. The number of benzene rings is 1. The Kier molecular flexibility index (Phi) is 3.43. The second kappa shape index (κ2) is 4.86. The first kappa shape index (κ1) is 12.7. The van der Waals surface area contributed by atoms with E-state index < -0.39 is 13.0 Å². The number of alkyl halides is 2. The maximum atomic E-state index is 13.0. The average molecular weight is 252 g/mol. The first-order chi connectivity index (χ1) is 8.54. The molecule has 0 spiro atoms. The Labute approximate surface area is 104 Å². The normalized spacial score (nSPS) is 11.2. The molecule has 0 fully saturated rings. The van der Waals surface area contributed by atoms with Crippen LogP contribution >= 0.6 is 0 Å². The van der Waals surface area contributed by atoms with Crippen molar-refractivity contribution in [2.45, 2.75) is 26.9 Å². The summed E-state index contributed by atoms with van der Waals surface area (Å²) in [5.41, 5.74) is 2.44. The zero-order chi connectivity index (χ0) is 13.3. The minimum Gasteiger partial charge on any atom is -0.392 e. The molecular formula is C13H14F2N2O. The molecule has 0 aliphatic carbocycles. The highest BCUT2D eigenvalue weighted by Gasteiger charge is 2.21. The third kappa shape index (κ3) is 2.13. The van der Waals surface area contributed by atoms with Crippen LogP contribution in [0.15, 0.2) is 24.4 Å². The van der Waals surface area contributed by atoms with Crippen LogP contribution < -0.4 is 0 Å². The van der Waals surface area contributed by atoms with E-state index in [0.29, 0.717) is 5.69 Å². The van der Waals surface area contributed by atoms with E-state index in [9.17, 15) is 8.78 Å². The molecule has 0 bridgehead atoms. The highest BCUT2D eigenvalue weighted by atomic mass is 19.3. The third-order valence-electron chi connectivity index (χ3n) is 2.84. The quantitative estimate of drug-likeness (QED) is 0.912. The number of hydrogen-bond donors (Lipinski definition) is 1. The summed E-state index contributed by atoms with van der Waals surface area (Å²) in [6.07, 6.45) is -1.39. The van der Waals surface area contributed by atoms with Gasteiger partial charge in [-0.2, -0.15) is 5.10 Å². The zero-order valence-corrected chi connectivity index (χ0v) is 10.2. The third-order valence-corrected chi connectivity index (χ3v) is 2.84. The fourth-order valence-corrected chi connectivity index (χ4v) is 1.98. The van der Waals surface area contributed by atoms with Gasteiger partial charge < -0.3 is 5.11 Å². The van der Waals surface area contributed by atoms with Crippen molar-refractivity contribution in [1.29, 1.82) is 0 Å². The van der Waals surface area contributed by atoms with Gasteiger partial charge in [-0.25, -0.2) is 13.5 Å². The largest absolute Gasteiger partial charge is 0.392 e. The fraction of sp³-hybridized carbons (Fsp3) is 0.308. The molecule has 0 amide bonds. The lowest BCUT2D eigenvalue weighted by Gasteiger charge is -2.11. The van der Waals surface area contributed by atoms with Crippen molar-refractivity contribution in [3.8, 4) is 5.69 Å². The number of nitrogens with zero attached hydrogens (tertiary/aromatic N) is 2. The number of rotatable bonds is 3. The van der Waals surface area contributed by atoms with Gasteiger partial charge in [-0.3, -0.25) is 0 Å². The number of aryl methyl sites for hydroxylation is 2. The van der Waals surface area contributed by atoms with Crippen LogP contribution in [-0.4, -0.2) is 14.9 Å². The minimum atomic E-state index is -2.67. The van der Waals surface area contributed by atoms with Crippen LogP contribution in [0.2, 0.25) is 0 Å². The Balaban J connectivity index is 2.60. The van der Waals surface area contributed by atoms with Gasteiger partial charge in [0.25, 0.3) is 6.43 Å². The van der Waals surface area contributed by atoms with Gasteiger partial charge in [0, 0.05) is 5.56 Å². The van der Waals surface area contributed by atoms with E-state index in [4.69, 9.17) is 5.11 Å². The summed E-state index contributed by atoms with van der Waals surface area (Å²) in [7, 11) is 0. The molecule has 0 aliphatic heterocycles. The van der Waals surface area contributed by atoms with Crippen molar-refractivity contribution in [1.82, 2.24) is 9.78 Å². The van der Waals surface area contributed by atoms with Gasteiger partial charge in [-0.05, 0) is 25.5 Å². The topological polar surface area (TPSA) is 38.0 Å². The van der Waals surface area contributed by atoms with Crippen molar-refractivity contribution in [3.05, 3.63) is 46.8 Å². The zero-order valence-electron chi connectivity index (χ0n) is 10.2. The van der Waals surface area contributed by atoms with E-state index in [-0.39, 0.29) is 11.3 Å². The summed E-state index contributed by atoms with van der Waals surface area (Å²) in [6, 6.07) is 5.51. The molecule has 1 heterocycles. The molecule has 2 rings (SSSR count). The molecule has 96 valence electrons. The van der Waals surface area contributed by atoms with Gasteiger partial charge in [-0.15, -0.1) is 0 Å². The van der Waals surface area contributed by atoms with E-state index >= 15 is 0 Å². The van der Waals surface area contributed by atoms with Crippen molar-refractivity contribution in [2.24, 2.45) is 0 Å². The predicted molar refractivity (Wildman–Crippen MR) is 63.9 cm³/mol. The van der Waals surface area contributed by atoms with E-state index in [1.807, 2.05) is 26.0 Å². The van der Waals surface area contributed by atoms with Crippen LogP contribution in [0.5, 0.6) is 0 Å². The fourth-order valence-electron chi connectivity index (χ4n) is 1.98. The van der Waals surface area contributed by atoms with Crippen molar-refractivity contribution in [3.63, 3.8) is 0 Å². The van der Waals surface area contributed by atoms with Crippen LogP contribution in [0.1, 0.15) is 28.8 Å². The van der Waals surface area contributed by atoms with Crippen LogP contribution in [0.25, 0.3) is 5.69 Å². The maximum absolute atomic E-state index is 13.0. The molecule has 18 heavy (non-hydrogen) atoms. The standard InChI is InChI=1S/C13H14F2N2O/c1-8-3-4-11(9(2)5-8)17-12(13(14)15)10(7-18)6-16-17/h3-6,13,18H,7H2,1-2H3. The summed E-state index contributed by atoms with van der Waals surface area (Å²) in [4.78, 5) is 0. The van der Waals surface area contributed by atoms with Crippen LogP contribution in [-0.2, 0) is 6.61 Å². The molecule has 0 radical (unpaired) electrons. The molecule has 5 heteroatoms. The molecule has 1 aromatic heterocycles. The van der Waals surface area contributed by atoms with E-state index in [0.717, 1.165) is 11.1 Å². The lowest BCUT2D eigenvalue weighted by Crippen LogP contribution is -2.06. The second-order valence-electron chi connectivity index (χ2n) is 4.22. The van der Waals surface area contributed by atoms with Crippen molar-refractivity contribution < 1.29 is 13.9 Å². The number of aromatic nitrogens is 2. The van der Waals surface area contributed by atoms with Gasteiger partial charge >= 0.3 is 0 Å². The Morgan fingerprint density at radius 2 is 2.06 bits per heavy atom. The highest BCUT2D eigenvalue weighted by Crippen LogP contribution is 2.27. The van der Waals surface area contributed by atoms with Gasteiger partial charge in [-0.1, -0.05) is 17.7 Å². The first-order valence-electron chi connectivity index (χ1n) is 5.58. The Morgan fingerprint density at radius 3 is 2.61 bits per heavy atom. The summed E-state index contributed by atoms with van der Waals surface area (Å²) >= 11 is 0. The predicted octanol–water partition coefficient (Wildman–Crippen LogP) is 2.92. The van der Waals surface area contributed by atoms with Gasteiger partial charge in [0.05, 0.1) is 18.5 Å². The number of halogens is 2. The Hall–Kier alpha value is -1.75. The molecule has 1 N–H and O–H groups in total. The SMILES string of the molecule is Cc1ccc(-n2ncc(CO)c2C(F)F)c(C)c1. The minimum absolute atomic E-state index is 0.157. The summed E-state index contributed by atoms with van der Waals surface area (Å²) < 4.78 is 27.3. The summed E-state index contributed by atoms with van der Waals surface area (Å²) in [5, 5.41) is 13.0. The Morgan fingerprint density at radius 1 is 1.33 bits per heavy atom. The highest BCUT2D eigenvalue weighted by molar-refractivity contribution is 5.44.